The van der Waals surface area contributed by atoms with Gasteiger partial charge >= 0.3 is 0 Å². The summed E-state index contributed by atoms with van der Waals surface area (Å²) in [6, 6.07) is 11.1. The van der Waals surface area contributed by atoms with Crippen LogP contribution >= 0.6 is 11.8 Å². The first-order valence-electron chi connectivity index (χ1n) is 9.58. The third kappa shape index (κ3) is 3.56. The Morgan fingerprint density at radius 1 is 1.19 bits per heavy atom. The van der Waals surface area contributed by atoms with Crippen molar-refractivity contribution in [3.8, 4) is 6.07 Å². The SMILES string of the molecule is N#C[C@@H]1CCCN1C(=O)[C@@H]1CSC2(CCN(C(=O)c3ccccc3)CC2)N1. The summed E-state index contributed by atoms with van der Waals surface area (Å²) >= 11 is 1.80. The minimum atomic E-state index is -0.272. The number of nitriles is 1. The first-order valence-corrected chi connectivity index (χ1v) is 10.6. The molecular formula is C20H24N4O2S. The zero-order valence-corrected chi connectivity index (χ0v) is 16.1. The van der Waals surface area contributed by atoms with Crippen LogP contribution in [-0.2, 0) is 4.79 Å². The number of amides is 2. The zero-order chi connectivity index (χ0) is 18.9. The van der Waals surface area contributed by atoms with Gasteiger partial charge in [-0.05, 0) is 37.8 Å². The fourth-order valence-corrected chi connectivity index (χ4v) is 5.67. The summed E-state index contributed by atoms with van der Waals surface area (Å²) in [6.07, 6.45) is 3.36. The van der Waals surface area contributed by atoms with Crippen LogP contribution < -0.4 is 5.32 Å². The van der Waals surface area contributed by atoms with Crippen LogP contribution in [0.2, 0.25) is 0 Å². The van der Waals surface area contributed by atoms with E-state index in [-0.39, 0.29) is 28.8 Å². The predicted molar refractivity (Wildman–Crippen MR) is 104 cm³/mol. The van der Waals surface area contributed by atoms with E-state index in [9.17, 15) is 14.9 Å². The van der Waals surface area contributed by atoms with Crippen LogP contribution in [0.1, 0.15) is 36.0 Å². The van der Waals surface area contributed by atoms with Crippen LogP contribution in [0, 0.1) is 11.3 Å². The van der Waals surface area contributed by atoms with E-state index in [1.54, 1.807) is 16.7 Å². The van der Waals surface area contributed by atoms with Gasteiger partial charge in [-0.15, -0.1) is 11.8 Å². The fraction of sp³-hybridized carbons (Fsp3) is 0.550. The van der Waals surface area contributed by atoms with Crippen molar-refractivity contribution in [1.82, 2.24) is 15.1 Å². The smallest absolute Gasteiger partial charge is 0.253 e. The number of rotatable bonds is 2. The largest absolute Gasteiger partial charge is 0.338 e. The lowest BCUT2D eigenvalue weighted by atomic mass is 10.0. The molecule has 0 bridgehead atoms. The molecule has 1 N–H and O–H groups in total. The molecule has 2 atom stereocenters. The first kappa shape index (κ1) is 18.3. The Kier molecular flexibility index (Phi) is 5.11. The maximum absolute atomic E-state index is 12.8. The van der Waals surface area contributed by atoms with Gasteiger partial charge in [-0.25, -0.2) is 0 Å². The normalized spacial score (nSPS) is 26.9. The van der Waals surface area contributed by atoms with Crippen molar-refractivity contribution in [2.45, 2.75) is 42.6 Å². The van der Waals surface area contributed by atoms with Gasteiger partial charge in [0.2, 0.25) is 5.91 Å². The van der Waals surface area contributed by atoms with E-state index in [0.29, 0.717) is 19.6 Å². The molecular weight excluding hydrogens is 360 g/mol. The number of nitrogens with zero attached hydrogens (tertiary/aromatic N) is 3. The second-order valence-electron chi connectivity index (χ2n) is 7.48. The maximum Gasteiger partial charge on any atom is 0.253 e. The Balaban J connectivity index is 1.35. The zero-order valence-electron chi connectivity index (χ0n) is 15.3. The van der Waals surface area contributed by atoms with Crippen molar-refractivity contribution < 1.29 is 9.59 Å². The third-order valence-electron chi connectivity index (χ3n) is 5.83. The summed E-state index contributed by atoms with van der Waals surface area (Å²) < 4.78 is 0. The number of piperidine rings is 1. The Morgan fingerprint density at radius 2 is 1.93 bits per heavy atom. The van der Waals surface area contributed by atoms with Crippen molar-refractivity contribution in [2.24, 2.45) is 0 Å². The molecule has 0 radical (unpaired) electrons. The molecule has 0 saturated carbocycles. The number of likely N-dealkylation sites (tertiary alicyclic amines) is 2. The van der Waals surface area contributed by atoms with E-state index in [2.05, 4.69) is 11.4 Å². The quantitative estimate of drug-likeness (QED) is 0.842. The van der Waals surface area contributed by atoms with Crippen LogP contribution in [0.15, 0.2) is 30.3 Å². The molecule has 3 saturated heterocycles. The Hall–Kier alpha value is -2.04. The summed E-state index contributed by atoms with van der Waals surface area (Å²) in [4.78, 5) is 29.0. The highest BCUT2D eigenvalue weighted by Crippen LogP contribution is 2.40. The molecule has 1 aromatic carbocycles. The number of carbonyl (C=O) groups is 2. The molecule has 2 amide bonds. The molecule has 0 aromatic heterocycles. The standard InChI is InChI=1S/C20H24N4O2S/c21-13-16-7-4-10-24(16)19(26)17-14-27-20(22-17)8-11-23(12-9-20)18(25)15-5-2-1-3-6-15/h1-3,5-6,16-17,22H,4,7-12,14H2/t16-,17-/m0/s1. The second-order valence-corrected chi connectivity index (χ2v) is 8.88. The third-order valence-corrected chi connectivity index (χ3v) is 7.40. The number of carbonyl (C=O) groups excluding carboxylic acids is 2. The molecule has 3 aliphatic heterocycles. The molecule has 4 rings (SSSR count). The molecule has 27 heavy (non-hydrogen) atoms. The summed E-state index contributed by atoms with van der Waals surface area (Å²) in [5.41, 5.74) is 0.727. The van der Waals surface area contributed by atoms with Crippen LogP contribution in [0.3, 0.4) is 0 Å². The molecule has 7 heteroatoms. The van der Waals surface area contributed by atoms with Crippen molar-refractivity contribution in [2.75, 3.05) is 25.4 Å². The molecule has 3 fully saturated rings. The molecule has 3 heterocycles. The molecule has 6 nitrogen and oxygen atoms in total. The van der Waals surface area contributed by atoms with Crippen molar-refractivity contribution in [3.63, 3.8) is 0 Å². The van der Waals surface area contributed by atoms with Gasteiger partial charge in [0.25, 0.3) is 5.91 Å². The summed E-state index contributed by atoms with van der Waals surface area (Å²) in [5, 5.41) is 12.8. The number of hydrogen-bond donors (Lipinski definition) is 1. The average Bonchev–Trinajstić information content (AvgIpc) is 3.36. The molecule has 3 aliphatic rings. The molecule has 1 spiro atoms. The number of nitrogens with one attached hydrogen (secondary N) is 1. The molecule has 142 valence electrons. The van der Waals surface area contributed by atoms with Crippen molar-refractivity contribution in [1.29, 1.82) is 5.26 Å². The van der Waals surface area contributed by atoms with E-state index < -0.39 is 0 Å². The van der Waals surface area contributed by atoms with Gasteiger partial charge in [-0.3, -0.25) is 14.9 Å². The lowest BCUT2D eigenvalue weighted by molar-refractivity contribution is -0.133. The highest BCUT2D eigenvalue weighted by Gasteiger charge is 2.46. The van der Waals surface area contributed by atoms with E-state index in [4.69, 9.17) is 0 Å². The minimum absolute atomic E-state index is 0.0613. The summed E-state index contributed by atoms with van der Waals surface area (Å²) in [5.74, 6) is 0.876. The second kappa shape index (κ2) is 7.53. The predicted octanol–water partition coefficient (Wildman–Crippen LogP) is 1.84. The molecule has 1 aromatic rings. The summed E-state index contributed by atoms with van der Waals surface area (Å²) in [7, 11) is 0. The van der Waals surface area contributed by atoms with Gasteiger partial charge in [0, 0.05) is 31.0 Å². The van der Waals surface area contributed by atoms with Crippen LogP contribution in [-0.4, -0.2) is 64.0 Å². The molecule has 0 unspecified atom stereocenters. The van der Waals surface area contributed by atoms with Gasteiger partial charge in [0.1, 0.15) is 6.04 Å². The summed E-state index contributed by atoms with van der Waals surface area (Å²) in [6.45, 7) is 2.07. The van der Waals surface area contributed by atoms with Crippen molar-refractivity contribution in [3.05, 3.63) is 35.9 Å². The van der Waals surface area contributed by atoms with E-state index >= 15 is 0 Å². The lowest BCUT2D eigenvalue weighted by Crippen LogP contribution is -2.55. The molecule has 0 aliphatic carbocycles. The first-order chi connectivity index (χ1) is 13.1. The lowest BCUT2D eigenvalue weighted by Gasteiger charge is -2.39. The van der Waals surface area contributed by atoms with Crippen LogP contribution in [0.25, 0.3) is 0 Å². The van der Waals surface area contributed by atoms with Gasteiger partial charge in [0.15, 0.2) is 0 Å². The number of benzene rings is 1. The minimum Gasteiger partial charge on any atom is -0.338 e. The van der Waals surface area contributed by atoms with E-state index in [0.717, 1.165) is 37.0 Å². The van der Waals surface area contributed by atoms with Gasteiger partial charge in [-0.2, -0.15) is 5.26 Å². The average molecular weight is 385 g/mol. The number of hydrogen-bond acceptors (Lipinski definition) is 5. The van der Waals surface area contributed by atoms with E-state index in [1.807, 2.05) is 35.2 Å². The van der Waals surface area contributed by atoms with Crippen LogP contribution in [0.4, 0.5) is 0 Å². The Labute approximate surface area is 163 Å². The number of thioether (sulfide) groups is 1. The van der Waals surface area contributed by atoms with E-state index in [1.165, 1.54) is 0 Å². The van der Waals surface area contributed by atoms with Crippen molar-refractivity contribution >= 4 is 23.6 Å². The Bertz CT molecular complexity index is 755. The van der Waals surface area contributed by atoms with Gasteiger partial charge in [0.05, 0.1) is 17.0 Å². The highest BCUT2D eigenvalue weighted by molar-refractivity contribution is 8.01. The van der Waals surface area contributed by atoms with Gasteiger partial charge < -0.3 is 9.80 Å². The van der Waals surface area contributed by atoms with Crippen LogP contribution in [0.5, 0.6) is 0 Å². The van der Waals surface area contributed by atoms with Gasteiger partial charge in [-0.1, -0.05) is 18.2 Å². The Morgan fingerprint density at radius 3 is 2.63 bits per heavy atom. The highest BCUT2D eigenvalue weighted by atomic mass is 32.2. The topological polar surface area (TPSA) is 76.4 Å². The monoisotopic (exact) mass is 384 g/mol. The maximum atomic E-state index is 12.8. The fourth-order valence-electron chi connectivity index (χ4n) is 4.26.